The molecule has 1 aromatic rings. The minimum Gasteiger partial charge on any atom is -0.385 e. The summed E-state index contributed by atoms with van der Waals surface area (Å²) in [5.41, 5.74) is 0.0692. The smallest absolute Gasteiger partial charge is 0.235 e. The molecule has 7 heteroatoms. The molecule has 0 bridgehead atoms. The molecule has 1 aromatic carbocycles. The molecule has 5 nitrogen and oxygen atoms in total. The summed E-state index contributed by atoms with van der Waals surface area (Å²) in [6, 6.07) is 5.62. The summed E-state index contributed by atoms with van der Waals surface area (Å²) in [6.07, 6.45) is 0.607. The number of benzene rings is 1. The van der Waals surface area contributed by atoms with Crippen molar-refractivity contribution in [1.29, 1.82) is 0 Å². The number of rotatable bonds is 8. The van der Waals surface area contributed by atoms with Crippen molar-refractivity contribution in [3.05, 3.63) is 35.6 Å². The Morgan fingerprint density at radius 1 is 1.35 bits per heavy atom. The maximum absolute atomic E-state index is 13.4. The van der Waals surface area contributed by atoms with Gasteiger partial charge in [0, 0.05) is 25.8 Å². The number of hydrogen-bond acceptors (Lipinski definition) is 4. The molecule has 0 heterocycles. The molecule has 0 aliphatic heterocycles. The van der Waals surface area contributed by atoms with Crippen LogP contribution in [0.15, 0.2) is 24.3 Å². The summed E-state index contributed by atoms with van der Waals surface area (Å²) in [5, 5.41) is 2.48. The standard InChI is InChI=1S/C13H18FNO4S/c1-19-8-4-7-15-13(16)10-20(17,18)9-11-5-2-3-6-12(11)14/h2-3,5-6H,4,7-10H2,1H3,(H,15,16). The lowest BCUT2D eigenvalue weighted by molar-refractivity contribution is -0.118. The molecule has 20 heavy (non-hydrogen) atoms. The van der Waals surface area contributed by atoms with Crippen LogP contribution >= 0.6 is 0 Å². The van der Waals surface area contributed by atoms with Crippen LogP contribution in [0.1, 0.15) is 12.0 Å². The van der Waals surface area contributed by atoms with E-state index in [-0.39, 0.29) is 5.56 Å². The van der Waals surface area contributed by atoms with E-state index in [1.807, 2.05) is 0 Å². The molecule has 112 valence electrons. The van der Waals surface area contributed by atoms with Crippen molar-refractivity contribution in [2.45, 2.75) is 12.2 Å². The first-order valence-corrected chi connectivity index (χ1v) is 7.96. The third-order valence-corrected chi connectivity index (χ3v) is 3.98. The topological polar surface area (TPSA) is 72.5 Å². The van der Waals surface area contributed by atoms with Crippen LogP contribution in [-0.4, -0.2) is 40.3 Å². The molecular weight excluding hydrogens is 285 g/mol. The van der Waals surface area contributed by atoms with Crippen molar-refractivity contribution in [2.24, 2.45) is 0 Å². The minimum absolute atomic E-state index is 0.0692. The minimum atomic E-state index is -3.68. The fourth-order valence-corrected chi connectivity index (χ4v) is 2.91. The van der Waals surface area contributed by atoms with Crippen LogP contribution in [0, 0.1) is 5.82 Å². The van der Waals surface area contributed by atoms with Crippen molar-refractivity contribution >= 4 is 15.7 Å². The number of methoxy groups -OCH3 is 1. The number of amides is 1. The van der Waals surface area contributed by atoms with Gasteiger partial charge in [0.05, 0.1) is 5.75 Å². The van der Waals surface area contributed by atoms with Crippen LogP contribution in [-0.2, 0) is 25.1 Å². The van der Waals surface area contributed by atoms with Crippen LogP contribution in [0.4, 0.5) is 4.39 Å². The Morgan fingerprint density at radius 2 is 2.05 bits per heavy atom. The Kier molecular flexibility index (Phi) is 6.60. The average Bonchev–Trinajstić information content (AvgIpc) is 2.36. The van der Waals surface area contributed by atoms with E-state index in [1.54, 1.807) is 13.2 Å². The van der Waals surface area contributed by atoms with Crippen LogP contribution in [0.5, 0.6) is 0 Å². The van der Waals surface area contributed by atoms with Crippen LogP contribution in [0.3, 0.4) is 0 Å². The van der Waals surface area contributed by atoms with E-state index in [0.29, 0.717) is 19.6 Å². The predicted molar refractivity (Wildman–Crippen MR) is 73.4 cm³/mol. The lowest BCUT2D eigenvalue weighted by Gasteiger charge is -2.07. The Bertz CT molecular complexity index is 545. The lowest BCUT2D eigenvalue weighted by atomic mass is 10.2. The number of sulfone groups is 1. The Morgan fingerprint density at radius 3 is 2.70 bits per heavy atom. The lowest BCUT2D eigenvalue weighted by Crippen LogP contribution is -2.32. The molecular formula is C13H18FNO4S. The van der Waals surface area contributed by atoms with E-state index >= 15 is 0 Å². The van der Waals surface area contributed by atoms with Gasteiger partial charge in [0.1, 0.15) is 11.6 Å². The van der Waals surface area contributed by atoms with E-state index in [1.165, 1.54) is 18.2 Å². The van der Waals surface area contributed by atoms with Gasteiger partial charge in [-0.2, -0.15) is 0 Å². The average molecular weight is 303 g/mol. The second-order valence-electron chi connectivity index (χ2n) is 4.32. The zero-order chi connectivity index (χ0) is 15.0. The highest BCUT2D eigenvalue weighted by molar-refractivity contribution is 7.91. The van der Waals surface area contributed by atoms with Gasteiger partial charge in [0.15, 0.2) is 9.84 Å². The zero-order valence-electron chi connectivity index (χ0n) is 11.3. The number of carbonyl (C=O) groups is 1. The van der Waals surface area contributed by atoms with Gasteiger partial charge in [0.25, 0.3) is 0 Å². The van der Waals surface area contributed by atoms with Crippen molar-refractivity contribution in [3.8, 4) is 0 Å². The molecule has 0 aliphatic carbocycles. The van der Waals surface area contributed by atoms with Gasteiger partial charge in [-0.15, -0.1) is 0 Å². The molecule has 0 spiro atoms. The number of nitrogens with one attached hydrogen (secondary N) is 1. The van der Waals surface area contributed by atoms with Crippen LogP contribution < -0.4 is 5.32 Å². The zero-order valence-corrected chi connectivity index (χ0v) is 12.1. The van der Waals surface area contributed by atoms with E-state index in [2.05, 4.69) is 5.32 Å². The highest BCUT2D eigenvalue weighted by atomic mass is 32.2. The molecule has 0 atom stereocenters. The summed E-state index contributed by atoms with van der Waals surface area (Å²) in [5.74, 6) is -2.30. The van der Waals surface area contributed by atoms with Gasteiger partial charge in [-0.25, -0.2) is 12.8 Å². The number of ether oxygens (including phenoxy) is 1. The van der Waals surface area contributed by atoms with Crippen LogP contribution in [0.2, 0.25) is 0 Å². The molecule has 0 unspecified atom stereocenters. The first-order valence-electron chi connectivity index (χ1n) is 6.14. The van der Waals surface area contributed by atoms with Gasteiger partial charge in [-0.05, 0) is 12.5 Å². The quantitative estimate of drug-likeness (QED) is 0.724. The Labute approximate surface area is 118 Å². The summed E-state index contributed by atoms with van der Waals surface area (Å²) in [6.45, 7) is 0.837. The van der Waals surface area contributed by atoms with E-state index in [4.69, 9.17) is 4.74 Å². The SMILES string of the molecule is COCCCNC(=O)CS(=O)(=O)Cc1ccccc1F. The highest BCUT2D eigenvalue weighted by Gasteiger charge is 2.18. The molecule has 1 N–H and O–H groups in total. The van der Waals surface area contributed by atoms with E-state index < -0.39 is 33.1 Å². The molecule has 0 radical (unpaired) electrons. The maximum atomic E-state index is 13.4. The Hall–Kier alpha value is -1.47. The normalized spacial score (nSPS) is 11.3. The molecule has 0 aliphatic rings. The summed E-state index contributed by atoms with van der Waals surface area (Å²) in [7, 11) is -2.14. The number of halogens is 1. The van der Waals surface area contributed by atoms with Crippen LogP contribution in [0.25, 0.3) is 0 Å². The highest BCUT2D eigenvalue weighted by Crippen LogP contribution is 2.11. The fourth-order valence-electron chi connectivity index (χ4n) is 1.60. The summed E-state index contributed by atoms with van der Waals surface area (Å²) >= 11 is 0. The fraction of sp³-hybridized carbons (Fsp3) is 0.462. The van der Waals surface area contributed by atoms with Gasteiger partial charge in [0.2, 0.25) is 5.91 Å². The molecule has 0 fully saturated rings. The predicted octanol–water partition coefficient (Wildman–Crippen LogP) is 0.893. The van der Waals surface area contributed by atoms with Gasteiger partial charge in [-0.3, -0.25) is 4.79 Å². The largest absolute Gasteiger partial charge is 0.385 e. The third-order valence-electron chi connectivity index (χ3n) is 2.53. The number of hydrogen-bond donors (Lipinski definition) is 1. The second-order valence-corrected chi connectivity index (χ2v) is 6.38. The van der Waals surface area contributed by atoms with Crippen molar-refractivity contribution in [1.82, 2.24) is 5.32 Å². The van der Waals surface area contributed by atoms with Crippen molar-refractivity contribution in [2.75, 3.05) is 26.0 Å². The molecule has 0 saturated heterocycles. The first-order chi connectivity index (χ1) is 9.44. The Balaban J connectivity index is 2.49. The van der Waals surface area contributed by atoms with Crippen molar-refractivity contribution < 1.29 is 22.3 Å². The van der Waals surface area contributed by atoms with E-state index in [0.717, 1.165) is 0 Å². The molecule has 1 rings (SSSR count). The molecule has 0 saturated carbocycles. The van der Waals surface area contributed by atoms with Gasteiger partial charge in [-0.1, -0.05) is 18.2 Å². The third kappa shape index (κ3) is 6.12. The van der Waals surface area contributed by atoms with Crippen molar-refractivity contribution in [3.63, 3.8) is 0 Å². The first kappa shape index (κ1) is 16.6. The maximum Gasteiger partial charge on any atom is 0.235 e. The van der Waals surface area contributed by atoms with Gasteiger partial charge >= 0.3 is 0 Å². The number of carbonyl (C=O) groups excluding carboxylic acids is 1. The summed E-state index contributed by atoms with van der Waals surface area (Å²) in [4.78, 5) is 11.5. The van der Waals surface area contributed by atoms with Gasteiger partial charge < -0.3 is 10.1 Å². The van der Waals surface area contributed by atoms with E-state index in [9.17, 15) is 17.6 Å². The second kappa shape index (κ2) is 7.96. The molecule has 0 aromatic heterocycles. The molecule has 1 amide bonds. The monoisotopic (exact) mass is 303 g/mol. The summed E-state index contributed by atoms with van der Waals surface area (Å²) < 4.78 is 41.8.